The first kappa shape index (κ1) is 18.0. The summed E-state index contributed by atoms with van der Waals surface area (Å²) in [7, 11) is 0. The van der Waals surface area contributed by atoms with Gasteiger partial charge in [-0.05, 0) is 48.2 Å². The summed E-state index contributed by atoms with van der Waals surface area (Å²) >= 11 is 1.97. The van der Waals surface area contributed by atoms with E-state index in [0.717, 1.165) is 43.1 Å². The number of amides is 1. The predicted molar refractivity (Wildman–Crippen MR) is 104 cm³/mol. The zero-order valence-electron chi connectivity index (χ0n) is 14.2. The van der Waals surface area contributed by atoms with Gasteiger partial charge in [-0.3, -0.25) is 4.79 Å². The van der Waals surface area contributed by atoms with Gasteiger partial charge < -0.3 is 15.8 Å². The van der Waals surface area contributed by atoms with Gasteiger partial charge in [-0.2, -0.15) is 11.8 Å². The predicted octanol–water partition coefficient (Wildman–Crippen LogP) is 3.81. The van der Waals surface area contributed by atoms with Crippen LogP contribution in [0.3, 0.4) is 0 Å². The number of benzene rings is 2. The molecule has 1 aliphatic rings. The van der Waals surface area contributed by atoms with Gasteiger partial charge >= 0.3 is 0 Å². The Bertz CT molecular complexity index is 697. The van der Waals surface area contributed by atoms with E-state index in [0.29, 0.717) is 17.4 Å². The highest BCUT2D eigenvalue weighted by molar-refractivity contribution is 7.99. The first-order valence-electron chi connectivity index (χ1n) is 8.63. The fraction of sp³-hybridized carbons (Fsp3) is 0.350. The number of carbonyl (C=O) groups excluding carboxylic acids is 1. The second kappa shape index (κ2) is 9.04. The normalized spacial score (nSPS) is 15.1. The molecule has 0 aliphatic carbocycles. The lowest BCUT2D eigenvalue weighted by atomic mass is 10.1. The molecule has 3 N–H and O–H groups in total. The summed E-state index contributed by atoms with van der Waals surface area (Å²) in [6.45, 7) is 2.22. The quantitative estimate of drug-likeness (QED) is 0.826. The number of rotatable bonds is 6. The van der Waals surface area contributed by atoms with Crippen molar-refractivity contribution in [1.82, 2.24) is 0 Å². The van der Waals surface area contributed by atoms with Crippen LogP contribution in [0.25, 0.3) is 0 Å². The monoisotopic (exact) mass is 356 g/mol. The first-order chi connectivity index (χ1) is 12.2. The number of carbonyl (C=O) groups is 1. The SMILES string of the molecule is NCc1ccc(C(=O)Nc2cccc(CSC3CCOCC3)c2)cc1. The summed E-state index contributed by atoms with van der Waals surface area (Å²) in [5.41, 5.74) is 9.31. The van der Waals surface area contributed by atoms with Gasteiger partial charge in [0, 0.05) is 42.0 Å². The van der Waals surface area contributed by atoms with E-state index >= 15 is 0 Å². The lowest BCUT2D eigenvalue weighted by molar-refractivity contribution is 0.1000. The van der Waals surface area contributed by atoms with Crippen molar-refractivity contribution >= 4 is 23.4 Å². The molecule has 0 unspecified atom stereocenters. The van der Waals surface area contributed by atoms with E-state index in [2.05, 4.69) is 17.4 Å². The fourth-order valence-corrected chi connectivity index (χ4v) is 3.92. The van der Waals surface area contributed by atoms with Crippen LogP contribution in [0.2, 0.25) is 0 Å². The zero-order valence-corrected chi connectivity index (χ0v) is 15.1. The molecule has 25 heavy (non-hydrogen) atoms. The highest BCUT2D eigenvalue weighted by Gasteiger charge is 2.14. The molecule has 0 radical (unpaired) electrons. The topological polar surface area (TPSA) is 64.4 Å². The van der Waals surface area contributed by atoms with E-state index in [4.69, 9.17) is 10.5 Å². The van der Waals surface area contributed by atoms with E-state index in [1.165, 1.54) is 5.56 Å². The minimum atomic E-state index is -0.0993. The van der Waals surface area contributed by atoms with Crippen molar-refractivity contribution in [2.24, 2.45) is 5.73 Å². The molecule has 5 heteroatoms. The summed E-state index contributed by atoms with van der Waals surface area (Å²) in [5, 5.41) is 3.65. The van der Waals surface area contributed by atoms with Crippen LogP contribution in [0.4, 0.5) is 5.69 Å². The Morgan fingerprint density at radius 1 is 1.12 bits per heavy atom. The van der Waals surface area contributed by atoms with Crippen molar-refractivity contribution in [2.45, 2.75) is 30.4 Å². The summed E-state index contributed by atoms with van der Waals surface area (Å²) in [5.74, 6) is 0.859. The van der Waals surface area contributed by atoms with E-state index in [-0.39, 0.29) is 5.91 Å². The third-order valence-corrected chi connectivity index (χ3v) is 5.73. The largest absolute Gasteiger partial charge is 0.381 e. The van der Waals surface area contributed by atoms with E-state index in [1.807, 2.05) is 48.2 Å². The van der Waals surface area contributed by atoms with Gasteiger partial charge in [0.15, 0.2) is 0 Å². The lowest BCUT2D eigenvalue weighted by Crippen LogP contribution is -2.17. The molecule has 2 aromatic rings. The Morgan fingerprint density at radius 2 is 1.88 bits per heavy atom. The molecule has 1 amide bonds. The number of anilines is 1. The Kier molecular flexibility index (Phi) is 6.50. The molecular formula is C20H24N2O2S. The fourth-order valence-electron chi connectivity index (χ4n) is 2.79. The molecule has 0 saturated carbocycles. The summed E-state index contributed by atoms with van der Waals surface area (Å²) in [6, 6.07) is 15.5. The highest BCUT2D eigenvalue weighted by Crippen LogP contribution is 2.26. The Hall–Kier alpha value is -1.82. The molecule has 132 valence electrons. The summed E-state index contributed by atoms with van der Waals surface area (Å²) in [4.78, 5) is 12.4. The number of thioether (sulfide) groups is 1. The van der Waals surface area contributed by atoms with Crippen LogP contribution in [-0.4, -0.2) is 24.4 Å². The van der Waals surface area contributed by atoms with Crippen molar-refractivity contribution in [3.8, 4) is 0 Å². The van der Waals surface area contributed by atoms with Crippen LogP contribution in [0.15, 0.2) is 48.5 Å². The summed E-state index contributed by atoms with van der Waals surface area (Å²) < 4.78 is 5.40. The van der Waals surface area contributed by atoms with Crippen LogP contribution in [0, 0.1) is 0 Å². The number of nitrogens with one attached hydrogen (secondary N) is 1. The van der Waals surface area contributed by atoms with Gasteiger partial charge in [0.25, 0.3) is 5.91 Å². The van der Waals surface area contributed by atoms with E-state index < -0.39 is 0 Å². The van der Waals surface area contributed by atoms with Crippen molar-refractivity contribution < 1.29 is 9.53 Å². The molecule has 1 fully saturated rings. The molecule has 1 heterocycles. The lowest BCUT2D eigenvalue weighted by Gasteiger charge is -2.21. The van der Waals surface area contributed by atoms with Crippen molar-refractivity contribution in [3.63, 3.8) is 0 Å². The van der Waals surface area contributed by atoms with Gasteiger partial charge in [-0.1, -0.05) is 24.3 Å². The smallest absolute Gasteiger partial charge is 0.255 e. The van der Waals surface area contributed by atoms with Crippen LogP contribution in [0.5, 0.6) is 0 Å². The van der Waals surface area contributed by atoms with E-state index in [1.54, 1.807) is 0 Å². The minimum Gasteiger partial charge on any atom is -0.381 e. The maximum Gasteiger partial charge on any atom is 0.255 e. The van der Waals surface area contributed by atoms with Gasteiger partial charge in [0.1, 0.15) is 0 Å². The minimum absolute atomic E-state index is 0.0993. The third kappa shape index (κ3) is 5.33. The zero-order chi connectivity index (χ0) is 17.5. The molecule has 2 aromatic carbocycles. The number of hydrogen-bond acceptors (Lipinski definition) is 4. The van der Waals surface area contributed by atoms with Gasteiger partial charge in [0.05, 0.1) is 0 Å². The van der Waals surface area contributed by atoms with Gasteiger partial charge in [-0.15, -0.1) is 0 Å². The molecule has 1 aliphatic heterocycles. The average molecular weight is 356 g/mol. The third-order valence-electron chi connectivity index (χ3n) is 4.29. The molecule has 0 bridgehead atoms. The van der Waals surface area contributed by atoms with Crippen LogP contribution >= 0.6 is 11.8 Å². The highest BCUT2D eigenvalue weighted by atomic mass is 32.2. The van der Waals surface area contributed by atoms with Crippen LogP contribution in [0.1, 0.15) is 34.3 Å². The molecule has 3 rings (SSSR count). The maximum absolute atomic E-state index is 12.4. The van der Waals surface area contributed by atoms with E-state index in [9.17, 15) is 4.79 Å². The molecule has 4 nitrogen and oxygen atoms in total. The summed E-state index contributed by atoms with van der Waals surface area (Å²) in [6.07, 6.45) is 2.25. The Morgan fingerprint density at radius 3 is 2.60 bits per heavy atom. The Labute approximate surface area is 153 Å². The first-order valence-corrected chi connectivity index (χ1v) is 9.68. The molecule has 0 atom stereocenters. The standard InChI is InChI=1S/C20H24N2O2S/c21-13-15-4-6-17(7-5-15)20(23)22-18-3-1-2-16(12-18)14-25-19-8-10-24-11-9-19/h1-7,12,19H,8-11,13-14,21H2,(H,22,23). The van der Waals surface area contributed by atoms with Crippen LogP contribution < -0.4 is 11.1 Å². The Balaban J connectivity index is 1.57. The maximum atomic E-state index is 12.4. The number of hydrogen-bond donors (Lipinski definition) is 2. The second-order valence-corrected chi connectivity index (χ2v) is 7.47. The van der Waals surface area contributed by atoms with Crippen molar-refractivity contribution in [2.75, 3.05) is 18.5 Å². The molecule has 0 spiro atoms. The van der Waals surface area contributed by atoms with Crippen molar-refractivity contribution in [1.29, 1.82) is 0 Å². The van der Waals surface area contributed by atoms with Gasteiger partial charge in [-0.25, -0.2) is 0 Å². The van der Waals surface area contributed by atoms with Crippen LogP contribution in [-0.2, 0) is 17.0 Å². The second-order valence-electron chi connectivity index (χ2n) is 6.18. The number of ether oxygens (including phenoxy) is 1. The number of nitrogens with two attached hydrogens (primary N) is 1. The molecule has 0 aromatic heterocycles. The molecular weight excluding hydrogens is 332 g/mol. The van der Waals surface area contributed by atoms with Crippen molar-refractivity contribution in [3.05, 3.63) is 65.2 Å². The average Bonchev–Trinajstić information content (AvgIpc) is 2.67. The van der Waals surface area contributed by atoms with Gasteiger partial charge in [0.2, 0.25) is 0 Å². The molecule has 1 saturated heterocycles.